The lowest BCUT2D eigenvalue weighted by Gasteiger charge is -2.17. The van der Waals surface area contributed by atoms with Crippen LogP contribution in [0.25, 0.3) is 0 Å². The van der Waals surface area contributed by atoms with Gasteiger partial charge in [0, 0.05) is 12.6 Å². The van der Waals surface area contributed by atoms with Crippen LogP contribution < -0.4 is 10.5 Å². The molecule has 0 radical (unpaired) electrons. The van der Waals surface area contributed by atoms with E-state index in [1.54, 1.807) is 6.07 Å². The molecule has 0 aromatic heterocycles. The highest BCUT2D eigenvalue weighted by atomic mass is 32.2. The van der Waals surface area contributed by atoms with E-state index in [1.807, 2.05) is 13.8 Å². The zero-order chi connectivity index (χ0) is 11.2. The van der Waals surface area contributed by atoms with Crippen molar-refractivity contribution in [1.29, 1.82) is 5.26 Å². The number of nitrogens with zero attached hydrogens (tertiary/aromatic N) is 1. The summed E-state index contributed by atoms with van der Waals surface area (Å²) in [4.78, 5) is 0. The predicted octanol–water partition coefficient (Wildman–Crippen LogP) is -0.197. The SMILES string of the molecule is CC(C)CC(CN)NS(=O)(=O)CC#N. The van der Waals surface area contributed by atoms with Crippen LogP contribution in [-0.2, 0) is 10.0 Å². The first-order valence-corrected chi connectivity index (χ1v) is 6.13. The minimum atomic E-state index is -3.48. The molecule has 0 aliphatic rings. The molecule has 82 valence electrons. The van der Waals surface area contributed by atoms with Gasteiger partial charge in [-0.25, -0.2) is 13.1 Å². The van der Waals surface area contributed by atoms with E-state index in [0.717, 1.165) is 0 Å². The second-order valence-electron chi connectivity index (χ2n) is 3.60. The summed E-state index contributed by atoms with van der Waals surface area (Å²) in [6.07, 6.45) is 0.682. The molecule has 0 rings (SSSR count). The molecule has 6 heteroatoms. The van der Waals surface area contributed by atoms with Gasteiger partial charge >= 0.3 is 0 Å². The highest BCUT2D eigenvalue weighted by Crippen LogP contribution is 2.04. The van der Waals surface area contributed by atoms with E-state index < -0.39 is 15.8 Å². The van der Waals surface area contributed by atoms with Gasteiger partial charge in [0.05, 0.1) is 6.07 Å². The first kappa shape index (κ1) is 13.4. The Hall–Kier alpha value is -0.640. The van der Waals surface area contributed by atoms with Gasteiger partial charge < -0.3 is 5.73 Å². The minimum Gasteiger partial charge on any atom is -0.329 e. The summed E-state index contributed by atoms with van der Waals surface area (Å²) in [5, 5.41) is 8.27. The molecule has 0 saturated carbocycles. The van der Waals surface area contributed by atoms with E-state index in [1.165, 1.54) is 0 Å². The Balaban J connectivity index is 4.26. The van der Waals surface area contributed by atoms with Crippen molar-refractivity contribution in [1.82, 2.24) is 4.72 Å². The molecule has 5 nitrogen and oxygen atoms in total. The van der Waals surface area contributed by atoms with Gasteiger partial charge in [0.15, 0.2) is 5.75 Å². The molecule has 0 aromatic carbocycles. The third-order valence-electron chi connectivity index (χ3n) is 1.64. The monoisotopic (exact) mass is 219 g/mol. The minimum absolute atomic E-state index is 0.253. The molecular formula is C8H17N3O2S. The van der Waals surface area contributed by atoms with Gasteiger partial charge in [-0.05, 0) is 12.3 Å². The number of nitrogens with two attached hydrogens (primary N) is 1. The first-order chi connectivity index (χ1) is 6.41. The maximum atomic E-state index is 11.2. The quantitative estimate of drug-likeness (QED) is 0.646. The lowest BCUT2D eigenvalue weighted by atomic mass is 10.1. The van der Waals surface area contributed by atoms with E-state index in [4.69, 9.17) is 11.0 Å². The first-order valence-electron chi connectivity index (χ1n) is 4.48. The largest absolute Gasteiger partial charge is 0.329 e. The lowest BCUT2D eigenvalue weighted by Crippen LogP contribution is -2.41. The molecule has 0 aromatic rings. The van der Waals surface area contributed by atoms with Crippen LogP contribution >= 0.6 is 0 Å². The Morgan fingerprint density at radius 2 is 2.07 bits per heavy atom. The molecule has 0 aliphatic heterocycles. The molecule has 0 amide bonds. The summed E-state index contributed by atoms with van der Waals surface area (Å²) < 4.78 is 24.8. The summed E-state index contributed by atoms with van der Waals surface area (Å²) in [7, 11) is -3.48. The molecule has 14 heavy (non-hydrogen) atoms. The van der Waals surface area contributed by atoms with Gasteiger partial charge in [-0.15, -0.1) is 0 Å². The summed E-state index contributed by atoms with van der Waals surface area (Å²) >= 11 is 0. The molecule has 3 N–H and O–H groups in total. The van der Waals surface area contributed by atoms with Crippen LogP contribution in [0.1, 0.15) is 20.3 Å². The standard InChI is InChI=1S/C8H17N3O2S/c1-7(2)5-8(6-10)11-14(12,13)4-3-9/h7-8,11H,4-6,10H2,1-2H3. The van der Waals surface area contributed by atoms with Crippen molar-refractivity contribution in [3.63, 3.8) is 0 Å². The summed E-state index contributed by atoms with van der Waals surface area (Å²) in [6, 6.07) is 1.33. The van der Waals surface area contributed by atoms with Crippen molar-refractivity contribution in [2.75, 3.05) is 12.3 Å². The highest BCUT2D eigenvalue weighted by molar-refractivity contribution is 7.89. The molecule has 0 fully saturated rings. The molecule has 0 heterocycles. The van der Waals surface area contributed by atoms with E-state index in [0.29, 0.717) is 12.3 Å². The number of nitriles is 1. The van der Waals surface area contributed by atoms with Crippen LogP contribution in [0, 0.1) is 17.2 Å². The van der Waals surface area contributed by atoms with Crippen LogP contribution in [0.15, 0.2) is 0 Å². The molecule has 1 unspecified atom stereocenters. The maximum absolute atomic E-state index is 11.2. The Kier molecular flexibility index (Phi) is 5.69. The van der Waals surface area contributed by atoms with Gasteiger partial charge in [0.1, 0.15) is 0 Å². The van der Waals surface area contributed by atoms with Crippen molar-refractivity contribution < 1.29 is 8.42 Å². The Labute approximate surface area is 85.3 Å². The molecule has 0 aliphatic carbocycles. The average Bonchev–Trinajstić information content (AvgIpc) is 2.01. The molecule has 0 bridgehead atoms. The van der Waals surface area contributed by atoms with Crippen LogP contribution in [0.2, 0.25) is 0 Å². The van der Waals surface area contributed by atoms with Crippen molar-refractivity contribution in [3.8, 4) is 6.07 Å². The van der Waals surface area contributed by atoms with Gasteiger partial charge in [0.25, 0.3) is 0 Å². The average molecular weight is 219 g/mol. The predicted molar refractivity (Wildman–Crippen MR) is 54.8 cm³/mol. The fourth-order valence-corrected chi connectivity index (χ4v) is 2.10. The van der Waals surface area contributed by atoms with Crippen molar-refractivity contribution in [2.24, 2.45) is 11.7 Å². The zero-order valence-corrected chi connectivity index (χ0v) is 9.34. The highest BCUT2D eigenvalue weighted by Gasteiger charge is 2.17. The number of sulfonamides is 1. The smallest absolute Gasteiger partial charge is 0.225 e. The van der Waals surface area contributed by atoms with Gasteiger partial charge in [-0.2, -0.15) is 5.26 Å². The van der Waals surface area contributed by atoms with E-state index in [-0.39, 0.29) is 12.6 Å². The third kappa shape index (κ3) is 5.91. The number of hydrogen-bond donors (Lipinski definition) is 2. The Morgan fingerprint density at radius 1 is 1.50 bits per heavy atom. The number of rotatable bonds is 6. The second kappa shape index (κ2) is 5.96. The molecular weight excluding hydrogens is 202 g/mol. The Bertz CT molecular complexity index is 292. The summed E-state index contributed by atoms with van der Waals surface area (Å²) in [6.45, 7) is 4.23. The van der Waals surface area contributed by atoms with E-state index in [9.17, 15) is 8.42 Å². The summed E-state index contributed by atoms with van der Waals surface area (Å²) in [5.41, 5.74) is 5.41. The van der Waals surface area contributed by atoms with Crippen LogP contribution in [-0.4, -0.2) is 26.8 Å². The van der Waals surface area contributed by atoms with Crippen LogP contribution in [0.3, 0.4) is 0 Å². The summed E-state index contributed by atoms with van der Waals surface area (Å²) in [5.74, 6) is -0.143. The van der Waals surface area contributed by atoms with Crippen molar-refractivity contribution in [3.05, 3.63) is 0 Å². The van der Waals surface area contributed by atoms with Crippen LogP contribution in [0.5, 0.6) is 0 Å². The third-order valence-corrected chi connectivity index (χ3v) is 2.84. The number of hydrogen-bond acceptors (Lipinski definition) is 4. The normalized spacial score (nSPS) is 13.9. The molecule has 0 saturated heterocycles. The van der Waals surface area contributed by atoms with Crippen LogP contribution in [0.4, 0.5) is 0 Å². The van der Waals surface area contributed by atoms with Crippen molar-refractivity contribution in [2.45, 2.75) is 26.3 Å². The Morgan fingerprint density at radius 3 is 2.43 bits per heavy atom. The molecule has 0 spiro atoms. The molecule has 1 atom stereocenters. The van der Waals surface area contributed by atoms with Gasteiger partial charge in [-0.3, -0.25) is 0 Å². The lowest BCUT2D eigenvalue weighted by molar-refractivity contribution is 0.466. The topological polar surface area (TPSA) is 96.0 Å². The fourth-order valence-electron chi connectivity index (χ4n) is 1.14. The van der Waals surface area contributed by atoms with Crippen molar-refractivity contribution >= 4 is 10.0 Å². The zero-order valence-electron chi connectivity index (χ0n) is 8.53. The second-order valence-corrected chi connectivity index (χ2v) is 5.35. The fraction of sp³-hybridized carbons (Fsp3) is 0.875. The number of nitrogens with one attached hydrogen (secondary N) is 1. The van der Waals surface area contributed by atoms with E-state index >= 15 is 0 Å². The van der Waals surface area contributed by atoms with Gasteiger partial charge in [-0.1, -0.05) is 13.8 Å². The van der Waals surface area contributed by atoms with Gasteiger partial charge in [0.2, 0.25) is 10.0 Å². The maximum Gasteiger partial charge on any atom is 0.225 e. The van der Waals surface area contributed by atoms with E-state index in [2.05, 4.69) is 4.72 Å².